The van der Waals surface area contributed by atoms with Crippen LogP contribution in [-0.4, -0.2) is 9.78 Å². The van der Waals surface area contributed by atoms with Crippen LogP contribution in [0.15, 0.2) is 30.3 Å². The summed E-state index contributed by atoms with van der Waals surface area (Å²) >= 11 is 0. The zero-order chi connectivity index (χ0) is 12.1. The predicted molar refractivity (Wildman–Crippen MR) is 67.0 cm³/mol. The molecule has 2 aliphatic carbocycles. The lowest BCUT2D eigenvalue weighted by molar-refractivity contribution is 0.642. The highest BCUT2D eigenvalue weighted by Crippen LogP contribution is 2.56. The molecule has 0 saturated heterocycles. The molecule has 1 fully saturated rings. The van der Waals surface area contributed by atoms with Gasteiger partial charge >= 0.3 is 0 Å². The number of benzene rings is 1. The molecule has 3 nitrogen and oxygen atoms in total. The summed E-state index contributed by atoms with van der Waals surface area (Å²) in [6.45, 7) is 0.786. The highest BCUT2D eigenvalue weighted by atomic mass is 15.3. The molecule has 2 aromatic rings. The van der Waals surface area contributed by atoms with E-state index in [4.69, 9.17) is 5.26 Å². The third-order valence-electron chi connectivity index (χ3n) is 4.12. The maximum absolute atomic E-state index is 9.16. The van der Waals surface area contributed by atoms with Crippen molar-refractivity contribution in [3.8, 4) is 6.07 Å². The van der Waals surface area contributed by atoms with E-state index < -0.39 is 0 Å². The minimum absolute atomic E-state index is 0.646. The Morgan fingerprint density at radius 2 is 2.17 bits per heavy atom. The van der Waals surface area contributed by atoms with E-state index >= 15 is 0 Å². The molecule has 4 rings (SSSR count). The van der Waals surface area contributed by atoms with Crippen LogP contribution in [0.5, 0.6) is 0 Å². The van der Waals surface area contributed by atoms with Gasteiger partial charge in [-0.2, -0.15) is 10.4 Å². The van der Waals surface area contributed by atoms with Crippen LogP contribution in [-0.2, 0) is 13.0 Å². The van der Waals surface area contributed by atoms with Gasteiger partial charge in [0.05, 0.1) is 6.54 Å². The van der Waals surface area contributed by atoms with E-state index in [1.807, 2.05) is 18.2 Å². The Kier molecular flexibility index (Phi) is 1.90. The van der Waals surface area contributed by atoms with Crippen molar-refractivity contribution in [3.05, 3.63) is 52.8 Å². The second kappa shape index (κ2) is 3.46. The Morgan fingerprint density at radius 1 is 1.33 bits per heavy atom. The van der Waals surface area contributed by atoms with Crippen molar-refractivity contribution in [2.75, 3.05) is 0 Å². The monoisotopic (exact) mass is 235 g/mol. The average molecular weight is 235 g/mol. The molecule has 2 atom stereocenters. The summed E-state index contributed by atoms with van der Waals surface area (Å²) in [5.41, 5.74) is 4.44. The second-order valence-corrected chi connectivity index (χ2v) is 5.27. The molecule has 0 bridgehead atoms. The van der Waals surface area contributed by atoms with Crippen LogP contribution in [0, 0.1) is 17.2 Å². The van der Waals surface area contributed by atoms with Gasteiger partial charge in [0.2, 0.25) is 0 Å². The van der Waals surface area contributed by atoms with Gasteiger partial charge in [-0.15, -0.1) is 0 Å². The molecule has 1 heterocycles. The second-order valence-electron chi connectivity index (χ2n) is 5.27. The Hall–Kier alpha value is -2.08. The van der Waals surface area contributed by atoms with Crippen LogP contribution >= 0.6 is 0 Å². The third-order valence-corrected chi connectivity index (χ3v) is 4.12. The van der Waals surface area contributed by atoms with E-state index in [1.54, 1.807) is 0 Å². The van der Waals surface area contributed by atoms with E-state index in [2.05, 4.69) is 28.0 Å². The van der Waals surface area contributed by atoms with E-state index in [9.17, 15) is 0 Å². The molecule has 0 aliphatic heterocycles. The van der Waals surface area contributed by atoms with Gasteiger partial charge in [0.25, 0.3) is 0 Å². The number of nitrogens with zero attached hydrogens (tertiary/aromatic N) is 3. The number of rotatable bonds is 2. The van der Waals surface area contributed by atoms with Crippen LogP contribution in [0.4, 0.5) is 0 Å². The highest BCUT2D eigenvalue weighted by Gasteiger charge is 2.49. The fourth-order valence-corrected chi connectivity index (χ4v) is 3.17. The standard InChI is InChI=1S/C15H13N3/c16-8-14-13-7-11-6-12(11)15(13)18(17-14)9-10-4-2-1-3-5-10/h1-5,11-12H,6-7,9H2/t11-,12-/m1/s1. The minimum atomic E-state index is 0.646. The first-order valence-electron chi connectivity index (χ1n) is 6.40. The first kappa shape index (κ1) is 9.90. The van der Waals surface area contributed by atoms with E-state index in [-0.39, 0.29) is 0 Å². The zero-order valence-electron chi connectivity index (χ0n) is 10.0. The van der Waals surface area contributed by atoms with Crippen molar-refractivity contribution in [1.29, 1.82) is 5.26 Å². The van der Waals surface area contributed by atoms with Crippen LogP contribution < -0.4 is 0 Å². The molecule has 0 amide bonds. The number of hydrogen-bond acceptors (Lipinski definition) is 2. The van der Waals surface area contributed by atoms with Crippen molar-refractivity contribution in [3.63, 3.8) is 0 Å². The Labute approximate surface area is 106 Å². The van der Waals surface area contributed by atoms with Gasteiger partial charge in [-0.1, -0.05) is 30.3 Å². The van der Waals surface area contributed by atoms with Crippen molar-refractivity contribution in [1.82, 2.24) is 9.78 Å². The fourth-order valence-electron chi connectivity index (χ4n) is 3.17. The molecule has 2 aliphatic rings. The lowest BCUT2D eigenvalue weighted by atomic mass is 10.1. The summed E-state index contributed by atoms with van der Waals surface area (Å²) in [7, 11) is 0. The van der Waals surface area contributed by atoms with Gasteiger partial charge in [0, 0.05) is 17.2 Å². The SMILES string of the molecule is N#Cc1nn(Cc2ccccc2)c2c1C[C@H]1C[C@@H]21. The van der Waals surface area contributed by atoms with Crippen molar-refractivity contribution >= 4 is 0 Å². The lowest BCUT2D eigenvalue weighted by Crippen LogP contribution is -2.05. The summed E-state index contributed by atoms with van der Waals surface area (Å²) in [5.74, 6) is 1.48. The van der Waals surface area contributed by atoms with Gasteiger partial charge in [-0.25, -0.2) is 0 Å². The van der Waals surface area contributed by atoms with Crippen molar-refractivity contribution in [2.24, 2.45) is 5.92 Å². The summed E-state index contributed by atoms with van der Waals surface area (Å²) in [6.07, 6.45) is 2.36. The first-order chi connectivity index (χ1) is 8.86. The zero-order valence-corrected chi connectivity index (χ0v) is 10.0. The summed E-state index contributed by atoms with van der Waals surface area (Å²) in [5, 5.41) is 13.6. The number of aromatic nitrogens is 2. The van der Waals surface area contributed by atoms with Gasteiger partial charge in [-0.05, 0) is 24.3 Å². The normalized spacial score (nSPS) is 23.3. The van der Waals surface area contributed by atoms with Crippen LogP contribution in [0.2, 0.25) is 0 Å². The molecule has 0 radical (unpaired) electrons. The summed E-state index contributed by atoms with van der Waals surface area (Å²) in [4.78, 5) is 0. The topological polar surface area (TPSA) is 41.6 Å². The van der Waals surface area contributed by atoms with E-state index in [1.165, 1.54) is 23.2 Å². The summed E-state index contributed by atoms with van der Waals surface area (Å²) < 4.78 is 2.06. The summed E-state index contributed by atoms with van der Waals surface area (Å²) in [6, 6.07) is 12.6. The molecule has 0 unspecified atom stereocenters. The number of nitriles is 1. The van der Waals surface area contributed by atoms with Gasteiger partial charge in [0.15, 0.2) is 5.69 Å². The van der Waals surface area contributed by atoms with Crippen molar-refractivity contribution < 1.29 is 0 Å². The van der Waals surface area contributed by atoms with Crippen LogP contribution in [0.25, 0.3) is 0 Å². The van der Waals surface area contributed by atoms with E-state index in [0.29, 0.717) is 11.6 Å². The van der Waals surface area contributed by atoms with Crippen molar-refractivity contribution in [2.45, 2.75) is 25.3 Å². The Balaban J connectivity index is 1.76. The molecule has 1 aromatic heterocycles. The quantitative estimate of drug-likeness (QED) is 0.802. The molecular formula is C15H13N3. The maximum Gasteiger partial charge on any atom is 0.165 e. The van der Waals surface area contributed by atoms with Gasteiger partial charge in [-0.3, -0.25) is 4.68 Å². The molecule has 3 heteroatoms. The largest absolute Gasteiger partial charge is 0.263 e. The molecular weight excluding hydrogens is 222 g/mol. The third kappa shape index (κ3) is 1.32. The van der Waals surface area contributed by atoms with Crippen LogP contribution in [0.1, 0.15) is 34.9 Å². The molecule has 0 N–H and O–H groups in total. The smallest absolute Gasteiger partial charge is 0.165 e. The lowest BCUT2D eigenvalue weighted by Gasteiger charge is -2.06. The molecule has 88 valence electrons. The van der Waals surface area contributed by atoms with Gasteiger partial charge < -0.3 is 0 Å². The van der Waals surface area contributed by atoms with Crippen LogP contribution in [0.3, 0.4) is 0 Å². The van der Waals surface area contributed by atoms with E-state index in [0.717, 1.165) is 18.9 Å². The first-order valence-corrected chi connectivity index (χ1v) is 6.40. The van der Waals surface area contributed by atoms with Gasteiger partial charge in [0.1, 0.15) is 6.07 Å². The number of fused-ring (bicyclic) bond motifs is 3. The Morgan fingerprint density at radius 3 is 2.94 bits per heavy atom. The molecule has 0 spiro atoms. The maximum atomic E-state index is 9.16. The Bertz CT molecular complexity index is 648. The molecule has 18 heavy (non-hydrogen) atoms. The molecule has 1 saturated carbocycles. The molecule has 1 aromatic carbocycles. The number of hydrogen-bond donors (Lipinski definition) is 0. The predicted octanol–water partition coefficient (Wildman–Crippen LogP) is 2.46. The minimum Gasteiger partial charge on any atom is -0.263 e. The highest BCUT2D eigenvalue weighted by molar-refractivity contribution is 5.45. The average Bonchev–Trinajstić information content (AvgIpc) is 2.93. The fraction of sp³-hybridized carbons (Fsp3) is 0.333.